The number of ether oxygens (including phenoxy) is 1. The zero-order valence-corrected chi connectivity index (χ0v) is 17.2. The monoisotopic (exact) mass is 378 g/mol. The smallest absolute Gasteiger partial charge is 0.305 e. The number of rotatable bonds is 15. The number of hydrogen-bond acceptors (Lipinski definition) is 4. The van der Waals surface area contributed by atoms with Crippen molar-refractivity contribution < 1.29 is 14.3 Å². The van der Waals surface area contributed by atoms with Gasteiger partial charge in [-0.25, -0.2) is 0 Å². The molecule has 0 aliphatic rings. The average molecular weight is 379 g/mol. The van der Waals surface area contributed by atoms with Crippen LogP contribution in [0.1, 0.15) is 87.3 Å². The molecule has 0 radical (unpaired) electrons. The number of carbonyl (C=O) groups excluding carboxylic acids is 2. The third-order valence-corrected chi connectivity index (χ3v) is 5.53. The predicted molar refractivity (Wildman–Crippen MR) is 111 cm³/mol. The maximum atomic E-state index is 11.8. The molecule has 0 fully saturated rings. The summed E-state index contributed by atoms with van der Waals surface area (Å²) < 4.78 is 4.64. The van der Waals surface area contributed by atoms with Crippen molar-refractivity contribution in [2.75, 3.05) is 7.11 Å². The lowest BCUT2D eigenvalue weighted by molar-refractivity contribution is -0.140. The molecule has 0 saturated heterocycles. The van der Waals surface area contributed by atoms with Gasteiger partial charge in [0.2, 0.25) is 0 Å². The Hall–Kier alpha value is -1.42. The number of methoxy groups -OCH3 is 1. The first-order valence-electron chi connectivity index (χ1n) is 10.0. The van der Waals surface area contributed by atoms with Crippen LogP contribution in [-0.4, -0.2) is 18.9 Å². The Bertz CT molecular complexity index is 545. The van der Waals surface area contributed by atoms with Crippen molar-refractivity contribution >= 4 is 29.2 Å². The second-order valence-electron chi connectivity index (χ2n) is 6.76. The van der Waals surface area contributed by atoms with E-state index in [1.807, 2.05) is 6.08 Å². The molecule has 0 N–H and O–H groups in total. The lowest BCUT2D eigenvalue weighted by Crippen LogP contribution is -1.99. The third-order valence-electron chi connectivity index (χ3n) is 4.42. The first-order chi connectivity index (χ1) is 12.7. The molecule has 3 nitrogen and oxygen atoms in total. The SMILES string of the molecule is CCCCCC(=O)/C=C/c1ccc(CCCCCCCCC(=O)OC)s1. The van der Waals surface area contributed by atoms with Gasteiger partial charge in [-0.3, -0.25) is 9.59 Å². The van der Waals surface area contributed by atoms with Crippen LogP contribution in [0.25, 0.3) is 6.08 Å². The van der Waals surface area contributed by atoms with Crippen LogP contribution >= 0.6 is 11.3 Å². The van der Waals surface area contributed by atoms with Gasteiger partial charge in [-0.1, -0.05) is 45.4 Å². The molecule has 0 aliphatic carbocycles. The van der Waals surface area contributed by atoms with Gasteiger partial charge in [-0.15, -0.1) is 11.3 Å². The van der Waals surface area contributed by atoms with E-state index in [-0.39, 0.29) is 11.8 Å². The second kappa shape index (κ2) is 14.7. The van der Waals surface area contributed by atoms with Crippen LogP contribution in [0.5, 0.6) is 0 Å². The Labute approximate surface area is 162 Å². The van der Waals surface area contributed by atoms with Crippen LogP contribution in [0.15, 0.2) is 18.2 Å². The number of aryl methyl sites for hydroxylation is 1. The summed E-state index contributed by atoms with van der Waals surface area (Å²) in [6.07, 6.45) is 16.2. The predicted octanol–water partition coefficient (Wildman–Crippen LogP) is 6.36. The van der Waals surface area contributed by atoms with Gasteiger partial charge >= 0.3 is 5.97 Å². The Kier molecular flexibility index (Phi) is 12.8. The highest BCUT2D eigenvalue weighted by atomic mass is 32.1. The Morgan fingerprint density at radius 3 is 2.38 bits per heavy atom. The highest BCUT2D eigenvalue weighted by molar-refractivity contribution is 7.12. The molecule has 4 heteroatoms. The van der Waals surface area contributed by atoms with Crippen LogP contribution < -0.4 is 0 Å². The molecule has 0 unspecified atom stereocenters. The van der Waals surface area contributed by atoms with Crippen molar-refractivity contribution in [3.05, 3.63) is 28.0 Å². The van der Waals surface area contributed by atoms with E-state index >= 15 is 0 Å². The third kappa shape index (κ3) is 11.2. The van der Waals surface area contributed by atoms with Crippen molar-refractivity contribution in [3.63, 3.8) is 0 Å². The Morgan fingerprint density at radius 1 is 0.962 bits per heavy atom. The number of carbonyl (C=O) groups is 2. The van der Waals surface area contributed by atoms with Gasteiger partial charge in [0.05, 0.1) is 7.11 Å². The molecule has 0 aromatic carbocycles. The fourth-order valence-electron chi connectivity index (χ4n) is 2.80. The molecular weight excluding hydrogens is 344 g/mol. The van der Waals surface area contributed by atoms with E-state index in [9.17, 15) is 9.59 Å². The summed E-state index contributed by atoms with van der Waals surface area (Å²) in [5.41, 5.74) is 0. The van der Waals surface area contributed by atoms with E-state index < -0.39 is 0 Å². The number of esters is 1. The first-order valence-corrected chi connectivity index (χ1v) is 10.8. The second-order valence-corrected chi connectivity index (χ2v) is 7.96. The zero-order valence-electron chi connectivity index (χ0n) is 16.4. The molecule has 0 aliphatic heterocycles. The molecule has 0 spiro atoms. The van der Waals surface area contributed by atoms with Crippen LogP contribution in [0.3, 0.4) is 0 Å². The number of ketones is 1. The van der Waals surface area contributed by atoms with Gasteiger partial charge in [-0.05, 0) is 50.0 Å². The quantitative estimate of drug-likeness (QED) is 0.203. The number of hydrogen-bond donors (Lipinski definition) is 0. The summed E-state index contributed by atoms with van der Waals surface area (Å²) >= 11 is 1.79. The molecule has 1 heterocycles. The summed E-state index contributed by atoms with van der Waals surface area (Å²) in [6.45, 7) is 2.15. The van der Waals surface area contributed by atoms with Crippen LogP contribution in [0, 0.1) is 0 Å². The molecule has 1 aromatic heterocycles. The summed E-state index contributed by atoms with van der Waals surface area (Å²) in [4.78, 5) is 25.3. The van der Waals surface area contributed by atoms with Gasteiger partial charge in [-0.2, -0.15) is 0 Å². The topological polar surface area (TPSA) is 43.4 Å². The van der Waals surface area contributed by atoms with E-state index in [0.29, 0.717) is 12.8 Å². The van der Waals surface area contributed by atoms with Crippen molar-refractivity contribution in [2.24, 2.45) is 0 Å². The number of thiophene rings is 1. The Balaban J connectivity index is 2.10. The van der Waals surface area contributed by atoms with Gasteiger partial charge in [0.1, 0.15) is 0 Å². The average Bonchev–Trinajstić information content (AvgIpc) is 3.10. The van der Waals surface area contributed by atoms with E-state index in [1.165, 1.54) is 42.5 Å². The van der Waals surface area contributed by atoms with Gasteiger partial charge < -0.3 is 4.74 Å². The Morgan fingerprint density at radius 2 is 1.65 bits per heavy atom. The van der Waals surface area contributed by atoms with Gasteiger partial charge in [0, 0.05) is 22.6 Å². The van der Waals surface area contributed by atoms with E-state index in [1.54, 1.807) is 17.4 Å². The molecule has 0 bridgehead atoms. The summed E-state index contributed by atoms with van der Waals surface area (Å²) in [7, 11) is 1.44. The molecule has 146 valence electrons. The number of unbranched alkanes of at least 4 members (excludes halogenated alkanes) is 7. The van der Waals surface area contributed by atoms with Crippen LogP contribution in [0.2, 0.25) is 0 Å². The highest BCUT2D eigenvalue weighted by Gasteiger charge is 2.01. The lowest BCUT2D eigenvalue weighted by atomic mass is 10.1. The van der Waals surface area contributed by atoms with Crippen molar-refractivity contribution in [3.8, 4) is 0 Å². The summed E-state index contributed by atoms with van der Waals surface area (Å²) in [6, 6.07) is 4.30. The zero-order chi connectivity index (χ0) is 19.0. The largest absolute Gasteiger partial charge is 0.469 e. The van der Waals surface area contributed by atoms with E-state index in [0.717, 1.165) is 38.5 Å². The molecule has 1 rings (SSSR count). The first kappa shape index (κ1) is 22.6. The summed E-state index contributed by atoms with van der Waals surface area (Å²) in [5.74, 6) is 0.135. The minimum absolute atomic E-state index is 0.102. The van der Waals surface area contributed by atoms with Crippen molar-refractivity contribution in [1.29, 1.82) is 0 Å². The van der Waals surface area contributed by atoms with Gasteiger partial charge in [0.15, 0.2) is 5.78 Å². The fourth-order valence-corrected chi connectivity index (χ4v) is 3.76. The van der Waals surface area contributed by atoms with Gasteiger partial charge in [0.25, 0.3) is 0 Å². The molecular formula is C22H34O3S. The number of allylic oxidation sites excluding steroid dienone is 1. The maximum Gasteiger partial charge on any atom is 0.305 e. The van der Waals surface area contributed by atoms with E-state index in [4.69, 9.17) is 0 Å². The van der Waals surface area contributed by atoms with Crippen molar-refractivity contribution in [2.45, 2.75) is 84.0 Å². The summed E-state index contributed by atoms with van der Waals surface area (Å²) in [5, 5.41) is 0. The maximum absolute atomic E-state index is 11.8. The normalized spacial score (nSPS) is 11.2. The van der Waals surface area contributed by atoms with E-state index in [2.05, 4.69) is 23.8 Å². The van der Waals surface area contributed by atoms with Crippen LogP contribution in [-0.2, 0) is 20.7 Å². The highest BCUT2D eigenvalue weighted by Crippen LogP contribution is 2.21. The minimum atomic E-state index is -0.102. The van der Waals surface area contributed by atoms with Crippen molar-refractivity contribution in [1.82, 2.24) is 0 Å². The standard InChI is InChI=1S/C22H34O3S/c1-3-4-9-12-19(23)15-16-21-18-17-20(26-21)13-10-7-5-6-8-11-14-22(24)25-2/h15-18H,3-14H2,1-2H3/b16-15+. The molecule has 0 saturated carbocycles. The molecule has 1 aromatic rings. The lowest BCUT2D eigenvalue weighted by Gasteiger charge is -2.01. The molecule has 0 amide bonds. The fraction of sp³-hybridized carbons (Fsp3) is 0.636. The molecule has 26 heavy (non-hydrogen) atoms. The molecule has 0 atom stereocenters. The minimum Gasteiger partial charge on any atom is -0.469 e. The van der Waals surface area contributed by atoms with Crippen LogP contribution in [0.4, 0.5) is 0 Å².